The van der Waals surface area contributed by atoms with Crippen LogP contribution in [0.4, 0.5) is 0 Å². The molecule has 54 valence electrons. The lowest BCUT2D eigenvalue weighted by Crippen LogP contribution is -2.16. The number of carboxylic acid groups (broad SMARTS) is 1. The van der Waals surface area contributed by atoms with Crippen LogP contribution in [0.2, 0.25) is 0 Å². The van der Waals surface area contributed by atoms with Crippen molar-refractivity contribution in [2.75, 3.05) is 6.61 Å². The molecular weight excluding hydrogens is 130 g/mol. The summed E-state index contributed by atoms with van der Waals surface area (Å²) in [4.78, 5) is 13.6. The maximum Gasteiger partial charge on any atom is 0.305 e. The van der Waals surface area contributed by atoms with Crippen molar-refractivity contribution in [2.24, 2.45) is 0 Å². The van der Waals surface area contributed by atoms with Crippen molar-refractivity contribution in [3.8, 4) is 0 Å². The van der Waals surface area contributed by atoms with E-state index in [2.05, 4.69) is 4.84 Å². The molecule has 0 heterocycles. The van der Waals surface area contributed by atoms with Gasteiger partial charge in [-0.2, -0.15) is 0 Å². The molecule has 0 unspecified atom stereocenters. The van der Waals surface area contributed by atoms with Gasteiger partial charge in [-0.05, 0) is 0 Å². The lowest BCUT2D eigenvalue weighted by atomic mass is 10.5. The first-order chi connectivity index (χ1) is 4.13. The van der Waals surface area contributed by atoms with Gasteiger partial charge in [-0.3, -0.25) is 20.0 Å². The number of hydrogen-bond acceptors (Lipinski definition) is 5. The minimum Gasteiger partial charge on any atom is -0.481 e. The van der Waals surface area contributed by atoms with Crippen LogP contribution in [0, 0.1) is 0 Å². The maximum atomic E-state index is 9.72. The van der Waals surface area contributed by atoms with Gasteiger partial charge in [0.05, 0.1) is 18.4 Å². The Morgan fingerprint density at radius 3 is 2.44 bits per heavy atom. The summed E-state index contributed by atoms with van der Waals surface area (Å²) in [6.45, 7) is -0.262. The van der Waals surface area contributed by atoms with Crippen LogP contribution in [-0.4, -0.2) is 33.5 Å². The Morgan fingerprint density at radius 2 is 2.11 bits per heavy atom. The molecule has 0 spiro atoms. The molecule has 0 aromatic carbocycles. The first-order valence-corrected chi connectivity index (χ1v) is 2.15. The molecule has 0 radical (unpaired) electrons. The number of aliphatic carboxylic acids is 1. The Morgan fingerprint density at radius 1 is 1.56 bits per heavy atom. The van der Waals surface area contributed by atoms with Crippen LogP contribution in [0.15, 0.2) is 0 Å². The summed E-state index contributed by atoms with van der Waals surface area (Å²) in [5.74, 6) is -1.06. The molecule has 0 aliphatic heterocycles. The molecule has 6 heteroatoms. The maximum absolute atomic E-state index is 9.72. The van der Waals surface area contributed by atoms with E-state index in [1.807, 2.05) is 0 Å². The van der Waals surface area contributed by atoms with Gasteiger partial charge in [0.15, 0.2) is 0 Å². The number of rotatable bonds is 4. The second kappa shape index (κ2) is 4.21. The Kier molecular flexibility index (Phi) is 3.89. The van der Waals surface area contributed by atoms with Crippen LogP contribution in [0.25, 0.3) is 0 Å². The van der Waals surface area contributed by atoms with Crippen molar-refractivity contribution in [3.63, 3.8) is 0 Å². The Hall–Kier alpha value is -0.690. The second-order valence-corrected chi connectivity index (χ2v) is 1.23. The quantitative estimate of drug-likeness (QED) is 0.451. The van der Waals surface area contributed by atoms with Gasteiger partial charge in [0.2, 0.25) is 0 Å². The first-order valence-electron chi connectivity index (χ1n) is 2.15. The molecule has 0 aromatic rings. The summed E-state index contributed by atoms with van der Waals surface area (Å²) >= 11 is 0. The summed E-state index contributed by atoms with van der Waals surface area (Å²) in [5, 5.41) is 23.1. The Labute approximate surface area is 50.7 Å². The molecule has 6 nitrogen and oxygen atoms in total. The molecule has 0 fully saturated rings. The average molecular weight is 137 g/mol. The molecule has 0 saturated carbocycles. The molecule has 0 aromatic heterocycles. The minimum absolute atomic E-state index is 0.262. The largest absolute Gasteiger partial charge is 0.481 e. The molecule has 0 amide bonds. The third-order valence-electron chi connectivity index (χ3n) is 0.523. The monoisotopic (exact) mass is 137 g/mol. The van der Waals surface area contributed by atoms with E-state index in [-0.39, 0.29) is 13.0 Å². The van der Waals surface area contributed by atoms with Gasteiger partial charge < -0.3 is 5.11 Å². The van der Waals surface area contributed by atoms with Crippen LogP contribution in [0.3, 0.4) is 0 Å². The van der Waals surface area contributed by atoms with Gasteiger partial charge in [-0.1, -0.05) is 0 Å². The standard InChI is InChI=1S/C3H7NO5/c5-3(6)1-2-9-4(7)8/h7-8H,1-2H2,(H,5,6). The molecule has 0 bridgehead atoms. The fraction of sp³-hybridized carbons (Fsp3) is 0.667. The van der Waals surface area contributed by atoms with Gasteiger partial charge in [-0.25, -0.2) is 0 Å². The van der Waals surface area contributed by atoms with E-state index in [1.54, 1.807) is 0 Å². The highest BCUT2D eigenvalue weighted by atomic mass is 17.1. The van der Waals surface area contributed by atoms with E-state index in [1.165, 1.54) is 0 Å². The Bertz CT molecular complexity index is 92.2. The van der Waals surface area contributed by atoms with E-state index >= 15 is 0 Å². The number of carboxylic acids is 1. The normalized spacial score (nSPS) is 10.1. The van der Waals surface area contributed by atoms with Gasteiger partial charge in [-0.15, -0.1) is 0 Å². The van der Waals surface area contributed by atoms with Crippen molar-refractivity contribution >= 4 is 5.97 Å². The zero-order valence-corrected chi connectivity index (χ0v) is 4.52. The molecule has 3 N–H and O–H groups in total. The summed E-state index contributed by atoms with van der Waals surface area (Å²) in [6, 6.07) is 0. The van der Waals surface area contributed by atoms with E-state index in [4.69, 9.17) is 15.5 Å². The van der Waals surface area contributed by atoms with Crippen LogP contribution in [-0.2, 0) is 9.63 Å². The lowest BCUT2D eigenvalue weighted by Gasteiger charge is -2.02. The highest BCUT2D eigenvalue weighted by Gasteiger charge is 1.98. The molecule has 9 heavy (non-hydrogen) atoms. The number of hydrogen-bond donors (Lipinski definition) is 3. The summed E-state index contributed by atoms with van der Waals surface area (Å²) in [7, 11) is 0. The molecule has 0 aliphatic carbocycles. The number of carbonyl (C=O) groups is 1. The fourth-order valence-corrected chi connectivity index (χ4v) is 0.215. The summed E-state index contributed by atoms with van der Waals surface area (Å²) < 4.78 is 0. The predicted octanol–water partition coefficient (Wildman–Crippen LogP) is -0.527. The SMILES string of the molecule is O=C(O)CCON(O)O. The first kappa shape index (κ1) is 8.31. The van der Waals surface area contributed by atoms with Crippen molar-refractivity contribution < 1.29 is 25.2 Å². The molecule has 0 saturated heterocycles. The van der Waals surface area contributed by atoms with Gasteiger partial charge in [0, 0.05) is 0 Å². The third-order valence-corrected chi connectivity index (χ3v) is 0.523. The highest BCUT2D eigenvalue weighted by Crippen LogP contribution is 1.82. The average Bonchev–Trinajstić information content (AvgIpc) is 1.63. The van der Waals surface area contributed by atoms with Crippen LogP contribution < -0.4 is 0 Å². The van der Waals surface area contributed by atoms with E-state index in [9.17, 15) is 4.79 Å². The topological polar surface area (TPSA) is 90.2 Å². The molecule has 0 aliphatic rings. The van der Waals surface area contributed by atoms with Gasteiger partial charge in [0.25, 0.3) is 0 Å². The Balaban J connectivity index is 3.01. The zero-order chi connectivity index (χ0) is 7.28. The molecule has 0 rings (SSSR count). The van der Waals surface area contributed by atoms with Crippen molar-refractivity contribution in [1.29, 1.82) is 0 Å². The zero-order valence-electron chi connectivity index (χ0n) is 4.52. The highest BCUT2D eigenvalue weighted by molar-refractivity contribution is 5.66. The smallest absolute Gasteiger partial charge is 0.305 e. The van der Waals surface area contributed by atoms with E-state index < -0.39 is 11.4 Å². The number of nitrogens with zero attached hydrogens (tertiary/aromatic N) is 1. The van der Waals surface area contributed by atoms with Crippen LogP contribution >= 0.6 is 0 Å². The van der Waals surface area contributed by atoms with Gasteiger partial charge in [0.1, 0.15) is 0 Å². The van der Waals surface area contributed by atoms with Crippen molar-refractivity contribution in [1.82, 2.24) is 5.39 Å². The predicted molar refractivity (Wildman–Crippen MR) is 23.6 cm³/mol. The van der Waals surface area contributed by atoms with Crippen molar-refractivity contribution in [2.45, 2.75) is 6.42 Å². The van der Waals surface area contributed by atoms with E-state index in [0.29, 0.717) is 0 Å². The fourth-order valence-electron chi connectivity index (χ4n) is 0.215. The molecular formula is C3H7NO5. The minimum atomic E-state index is -1.06. The lowest BCUT2D eigenvalue weighted by molar-refractivity contribution is -0.492. The second-order valence-electron chi connectivity index (χ2n) is 1.23. The third kappa shape index (κ3) is 7.31. The van der Waals surface area contributed by atoms with E-state index in [0.717, 1.165) is 0 Å². The molecule has 0 atom stereocenters. The summed E-state index contributed by atoms with van der Waals surface area (Å²) in [5.41, 5.74) is 0. The van der Waals surface area contributed by atoms with Crippen LogP contribution in [0.5, 0.6) is 0 Å². The van der Waals surface area contributed by atoms with Crippen LogP contribution in [0.1, 0.15) is 6.42 Å². The summed E-state index contributed by atoms with van der Waals surface area (Å²) in [6.07, 6.45) is -0.266. The van der Waals surface area contributed by atoms with Crippen molar-refractivity contribution in [3.05, 3.63) is 0 Å². The van der Waals surface area contributed by atoms with Gasteiger partial charge >= 0.3 is 5.97 Å².